The summed E-state index contributed by atoms with van der Waals surface area (Å²) in [5.74, 6) is -1.14. The van der Waals surface area contributed by atoms with Crippen LogP contribution in [0.2, 0.25) is 0 Å². The molecule has 86 valence electrons. The zero-order chi connectivity index (χ0) is 12.3. The normalized spacial score (nSPS) is 10.2. The van der Waals surface area contributed by atoms with E-state index in [-0.39, 0.29) is 16.9 Å². The number of carbonyl (C=O) groups is 1. The van der Waals surface area contributed by atoms with Crippen LogP contribution in [0, 0.1) is 10.1 Å². The zero-order valence-corrected chi connectivity index (χ0v) is 8.80. The van der Waals surface area contributed by atoms with E-state index < -0.39 is 10.9 Å². The van der Waals surface area contributed by atoms with E-state index in [0.29, 0.717) is 0 Å². The predicted molar refractivity (Wildman–Crippen MR) is 57.4 cm³/mol. The summed E-state index contributed by atoms with van der Waals surface area (Å²) in [4.78, 5) is 20.8. The molecule has 0 bridgehead atoms. The van der Waals surface area contributed by atoms with E-state index in [1.54, 1.807) is 14.1 Å². The van der Waals surface area contributed by atoms with Gasteiger partial charge in [0.05, 0.1) is 16.2 Å². The average molecular weight is 225 g/mol. The van der Waals surface area contributed by atoms with Crippen LogP contribution in [0.4, 0.5) is 11.4 Å². The Balaban J connectivity index is 3.21. The lowest BCUT2D eigenvalue weighted by Gasteiger charge is -2.15. The Morgan fingerprint density at radius 3 is 2.56 bits per heavy atom. The molecular formula is C9H11N3O4. The second kappa shape index (κ2) is 4.58. The molecule has 0 saturated heterocycles. The number of nitro benzene ring substituents is 1. The number of nitrogens with zero attached hydrogens (tertiary/aromatic N) is 2. The van der Waals surface area contributed by atoms with Gasteiger partial charge < -0.3 is 10.5 Å². The van der Waals surface area contributed by atoms with Crippen molar-refractivity contribution in [2.24, 2.45) is 0 Å². The lowest BCUT2D eigenvalue weighted by atomic mass is 10.1. The molecule has 7 heteroatoms. The van der Waals surface area contributed by atoms with Gasteiger partial charge in [0.15, 0.2) is 0 Å². The molecule has 0 heterocycles. The van der Waals surface area contributed by atoms with Gasteiger partial charge in [-0.15, -0.1) is 0 Å². The largest absolute Gasteiger partial charge is 0.478 e. The number of nitrogens with one attached hydrogen (secondary N) is 1. The van der Waals surface area contributed by atoms with E-state index in [4.69, 9.17) is 5.11 Å². The molecule has 0 amide bonds. The third kappa shape index (κ3) is 2.67. The molecule has 1 aromatic rings. The first-order valence-corrected chi connectivity index (χ1v) is 4.37. The van der Waals surface area contributed by atoms with Gasteiger partial charge in [-0.3, -0.25) is 10.1 Å². The van der Waals surface area contributed by atoms with Gasteiger partial charge in [-0.2, -0.15) is 0 Å². The molecule has 0 atom stereocenters. The van der Waals surface area contributed by atoms with Gasteiger partial charge in [-0.1, -0.05) is 0 Å². The molecule has 0 unspecified atom stereocenters. The first-order valence-electron chi connectivity index (χ1n) is 4.37. The first-order chi connectivity index (χ1) is 7.41. The van der Waals surface area contributed by atoms with Crippen LogP contribution in [-0.4, -0.2) is 35.1 Å². The number of rotatable bonds is 4. The fourth-order valence-electron chi connectivity index (χ4n) is 1.17. The minimum atomic E-state index is -1.14. The van der Waals surface area contributed by atoms with Crippen molar-refractivity contribution in [2.75, 3.05) is 19.5 Å². The lowest BCUT2D eigenvalue weighted by Crippen LogP contribution is -2.21. The Morgan fingerprint density at radius 1 is 1.50 bits per heavy atom. The summed E-state index contributed by atoms with van der Waals surface area (Å²) in [6, 6.07) is 3.54. The van der Waals surface area contributed by atoms with Crippen molar-refractivity contribution in [3.63, 3.8) is 0 Å². The maximum absolute atomic E-state index is 10.9. The molecule has 16 heavy (non-hydrogen) atoms. The van der Waals surface area contributed by atoms with Crippen LogP contribution >= 0.6 is 0 Å². The summed E-state index contributed by atoms with van der Waals surface area (Å²) >= 11 is 0. The molecule has 7 nitrogen and oxygen atoms in total. The van der Waals surface area contributed by atoms with Gasteiger partial charge >= 0.3 is 5.97 Å². The average Bonchev–Trinajstić information content (AvgIpc) is 2.15. The van der Waals surface area contributed by atoms with Crippen molar-refractivity contribution in [3.05, 3.63) is 33.9 Å². The molecule has 0 aliphatic carbocycles. The molecule has 0 saturated carbocycles. The van der Waals surface area contributed by atoms with Gasteiger partial charge in [0.2, 0.25) is 0 Å². The van der Waals surface area contributed by atoms with Crippen LogP contribution in [0.1, 0.15) is 10.4 Å². The Hall–Kier alpha value is -2.15. The molecule has 0 fully saturated rings. The third-order valence-electron chi connectivity index (χ3n) is 1.79. The molecule has 0 aliphatic rings. The second-order valence-electron chi connectivity index (χ2n) is 3.30. The van der Waals surface area contributed by atoms with Gasteiger partial charge in [0.25, 0.3) is 5.69 Å². The second-order valence-corrected chi connectivity index (χ2v) is 3.30. The summed E-state index contributed by atoms with van der Waals surface area (Å²) in [7, 11) is 3.31. The summed E-state index contributed by atoms with van der Waals surface area (Å²) in [6.07, 6.45) is 0. The number of benzene rings is 1. The number of carboxylic acids is 1. The van der Waals surface area contributed by atoms with Crippen molar-refractivity contribution >= 4 is 17.3 Å². The quantitative estimate of drug-likeness (QED) is 0.590. The number of hydrogen-bond donors (Lipinski definition) is 2. The smallest absolute Gasteiger partial charge is 0.337 e. The summed E-state index contributed by atoms with van der Waals surface area (Å²) in [5.41, 5.74) is 2.71. The fourth-order valence-corrected chi connectivity index (χ4v) is 1.17. The molecule has 0 radical (unpaired) electrons. The van der Waals surface area contributed by atoms with Crippen LogP contribution in [0.5, 0.6) is 0 Å². The molecule has 1 rings (SSSR count). The van der Waals surface area contributed by atoms with Crippen LogP contribution in [-0.2, 0) is 0 Å². The summed E-state index contributed by atoms with van der Waals surface area (Å²) < 4.78 is 0. The number of carboxylic acid groups (broad SMARTS) is 1. The van der Waals surface area contributed by atoms with E-state index in [9.17, 15) is 14.9 Å². The van der Waals surface area contributed by atoms with Crippen LogP contribution in [0.15, 0.2) is 18.2 Å². The monoisotopic (exact) mass is 225 g/mol. The maximum atomic E-state index is 10.9. The Bertz CT molecular complexity index is 431. The first kappa shape index (κ1) is 11.9. The summed E-state index contributed by atoms with van der Waals surface area (Å²) in [5, 5.41) is 20.9. The number of non-ortho nitro benzene ring substituents is 1. The van der Waals surface area contributed by atoms with Crippen molar-refractivity contribution < 1.29 is 14.8 Å². The van der Waals surface area contributed by atoms with Crippen molar-refractivity contribution in [1.82, 2.24) is 5.01 Å². The highest BCUT2D eigenvalue weighted by molar-refractivity contribution is 5.94. The highest BCUT2D eigenvalue weighted by atomic mass is 16.6. The van der Waals surface area contributed by atoms with Crippen LogP contribution in [0.25, 0.3) is 0 Å². The highest BCUT2D eigenvalue weighted by Crippen LogP contribution is 2.22. The Labute approximate surface area is 91.4 Å². The van der Waals surface area contributed by atoms with Gasteiger partial charge in [0, 0.05) is 26.2 Å². The Morgan fingerprint density at radius 2 is 2.12 bits per heavy atom. The predicted octanol–water partition coefficient (Wildman–Crippen LogP) is 1.18. The van der Waals surface area contributed by atoms with Crippen molar-refractivity contribution in [1.29, 1.82) is 0 Å². The fraction of sp³-hybridized carbons (Fsp3) is 0.222. The van der Waals surface area contributed by atoms with Crippen LogP contribution < -0.4 is 5.43 Å². The van der Waals surface area contributed by atoms with E-state index in [1.807, 2.05) is 0 Å². The minimum Gasteiger partial charge on any atom is -0.478 e. The van der Waals surface area contributed by atoms with Crippen LogP contribution in [0.3, 0.4) is 0 Å². The number of aromatic carboxylic acids is 1. The van der Waals surface area contributed by atoms with E-state index in [0.717, 1.165) is 6.07 Å². The zero-order valence-electron chi connectivity index (χ0n) is 8.80. The molecule has 0 aliphatic heterocycles. The molecular weight excluding hydrogens is 214 g/mol. The maximum Gasteiger partial charge on any atom is 0.337 e. The van der Waals surface area contributed by atoms with Gasteiger partial charge in [-0.05, 0) is 6.07 Å². The third-order valence-corrected chi connectivity index (χ3v) is 1.79. The number of hydrazine groups is 1. The topological polar surface area (TPSA) is 95.7 Å². The Kier molecular flexibility index (Phi) is 3.41. The minimum absolute atomic E-state index is 0.0145. The van der Waals surface area contributed by atoms with E-state index in [2.05, 4.69) is 5.43 Å². The van der Waals surface area contributed by atoms with Crippen molar-refractivity contribution in [2.45, 2.75) is 0 Å². The van der Waals surface area contributed by atoms with E-state index in [1.165, 1.54) is 17.1 Å². The lowest BCUT2D eigenvalue weighted by molar-refractivity contribution is -0.384. The molecule has 2 N–H and O–H groups in total. The summed E-state index contributed by atoms with van der Waals surface area (Å²) in [6.45, 7) is 0. The number of hydrogen-bond acceptors (Lipinski definition) is 5. The molecule has 1 aromatic carbocycles. The van der Waals surface area contributed by atoms with Crippen molar-refractivity contribution in [3.8, 4) is 0 Å². The standard InChI is InChI=1S/C9H11N3O4/c1-11(2)10-8-5-6(12(15)16)3-4-7(8)9(13)14/h3-5,10H,1-2H3,(H,13,14). The number of anilines is 1. The van der Waals surface area contributed by atoms with Gasteiger partial charge in [-0.25, -0.2) is 9.80 Å². The van der Waals surface area contributed by atoms with Gasteiger partial charge in [0.1, 0.15) is 0 Å². The highest BCUT2D eigenvalue weighted by Gasteiger charge is 2.15. The molecule has 0 aromatic heterocycles. The number of nitro groups is 1. The molecule has 0 spiro atoms. The van der Waals surface area contributed by atoms with E-state index >= 15 is 0 Å². The SMILES string of the molecule is CN(C)Nc1cc([N+](=O)[O-])ccc1C(=O)O.